The van der Waals surface area contributed by atoms with Crippen molar-refractivity contribution in [2.45, 2.75) is 12.5 Å². The predicted molar refractivity (Wildman–Crippen MR) is 89.7 cm³/mol. The second kappa shape index (κ2) is 5.04. The molecule has 0 N–H and O–H groups in total. The molecule has 4 rings (SSSR count). The van der Waals surface area contributed by atoms with Crippen LogP contribution in [-0.4, -0.2) is 32.0 Å². The van der Waals surface area contributed by atoms with Gasteiger partial charge in [-0.1, -0.05) is 18.2 Å². The highest BCUT2D eigenvalue weighted by Crippen LogP contribution is 2.39. The highest BCUT2D eigenvalue weighted by Gasteiger charge is 2.31. The maximum Gasteiger partial charge on any atom is 0.348 e. The molecule has 1 saturated heterocycles. The number of thiophene rings is 2. The summed E-state index contributed by atoms with van der Waals surface area (Å²) in [7, 11) is -3.04. The zero-order valence-corrected chi connectivity index (χ0v) is 13.9. The zero-order valence-electron chi connectivity index (χ0n) is 11.4. The number of hydrogen-bond acceptors (Lipinski definition) is 6. The lowest BCUT2D eigenvalue weighted by Crippen LogP contribution is -2.18. The predicted octanol–water partition coefficient (Wildman–Crippen LogP) is 3.46. The van der Waals surface area contributed by atoms with Crippen LogP contribution in [-0.2, 0) is 14.6 Å². The van der Waals surface area contributed by atoms with E-state index in [2.05, 4.69) is 6.07 Å². The maximum absolute atomic E-state index is 12.2. The Morgan fingerprint density at radius 3 is 2.77 bits per heavy atom. The molecule has 1 fully saturated rings. The van der Waals surface area contributed by atoms with E-state index in [0.29, 0.717) is 11.3 Å². The van der Waals surface area contributed by atoms with Gasteiger partial charge in [0.2, 0.25) is 0 Å². The number of hydrogen-bond donors (Lipinski definition) is 0. The molecule has 3 aromatic rings. The van der Waals surface area contributed by atoms with Crippen LogP contribution in [0, 0.1) is 0 Å². The molecule has 0 spiro atoms. The van der Waals surface area contributed by atoms with Gasteiger partial charge in [-0.15, -0.1) is 22.7 Å². The Morgan fingerprint density at radius 1 is 1.18 bits per heavy atom. The summed E-state index contributed by atoms with van der Waals surface area (Å²) in [6.45, 7) is 0. The van der Waals surface area contributed by atoms with Crippen molar-refractivity contribution in [1.82, 2.24) is 0 Å². The molecule has 3 heterocycles. The van der Waals surface area contributed by atoms with E-state index in [4.69, 9.17) is 4.74 Å². The van der Waals surface area contributed by atoms with E-state index in [0.717, 1.165) is 14.8 Å². The van der Waals surface area contributed by atoms with Gasteiger partial charge in [0.25, 0.3) is 0 Å². The van der Waals surface area contributed by atoms with Crippen molar-refractivity contribution in [1.29, 1.82) is 0 Å². The average Bonchev–Trinajstić information content (AvgIpc) is 3.11. The van der Waals surface area contributed by atoms with Crippen molar-refractivity contribution in [2.75, 3.05) is 11.5 Å². The third-order valence-electron chi connectivity index (χ3n) is 3.72. The van der Waals surface area contributed by atoms with Gasteiger partial charge >= 0.3 is 5.97 Å². The molecule has 4 nitrogen and oxygen atoms in total. The van der Waals surface area contributed by atoms with Gasteiger partial charge in [0.05, 0.1) is 16.2 Å². The first-order chi connectivity index (χ1) is 10.5. The van der Waals surface area contributed by atoms with Crippen molar-refractivity contribution in [3.8, 4) is 0 Å². The van der Waals surface area contributed by atoms with Crippen molar-refractivity contribution in [3.05, 3.63) is 35.2 Å². The Morgan fingerprint density at radius 2 is 2.00 bits per heavy atom. The first-order valence-electron chi connectivity index (χ1n) is 6.84. The Balaban J connectivity index is 1.62. The molecule has 1 aromatic carbocycles. The molecule has 1 unspecified atom stereocenters. The molecule has 0 bridgehead atoms. The van der Waals surface area contributed by atoms with E-state index in [9.17, 15) is 13.2 Å². The minimum Gasteiger partial charge on any atom is -0.457 e. The molecular formula is C15H12O4S3. The van der Waals surface area contributed by atoms with Crippen LogP contribution in [0.25, 0.3) is 19.5 Å². The second-order valence-corrected chi connectivity index (χ2v) is 9.70. The van der Waals surface area contributed by atoms with Gasteiger partial charge in [-0.25, -0.2) is 13.2 Å². The second-order valence-electron chi connectivity index (χ2n) is 5.33. The van der Waals surface area contributed by atoms with Crippen LogP contribution in [0.4, 0.5) is 0 Å². The zero-order chi connectivity index (χ0) is 15.3. The topological polar surface area (TPSA) is 60.4 Å². The lowest BCUT2D eigenvalue weighted by molar-refractivity contribution is 0.0362. The number of ether oxygens (including phenoxy) is 1. The van der Waals surface area contributed by atoms with Crippen LogP contribution < -0.4 is 0 Å². The molecule has 0 saturated carbocycles. The third kappa shape index (κ3) is 2.43. The van der Waals surface area contributed by atoms with Gasteiger partial charge in [-0.05, 0) is 18.6 Å². The van der Waals surface area contributed by atoms with Gasteiger partial charge < -0.3 is 4.74 Å². The summed E-state index contributed by atoms with van der Waals surface area (Å²) in [6.07, 6.45) is -0.106. The van der Waals surface area contributed by atoms with Crippen LogP contribution in [0.1, 0.15) is 16.1 Å². The van der Waals surface area contributed by atoms with Gasteiger partial charge in [0.15, 0.2) is 9.84 Å². The van der Waals surface area contributed by atoms with E-state index in [1.807, 2.05) is 24.3 Å². The van der Waals surface area contributed by atoms with Crippen LogP contribution >= 0.6 is 22.7 Å². The number of carbonyl (C=O) groups is 1. The summed E-state index contributed by atoms with van der Waals surface area (Å²) < 4.78 is 31.5. The van der Waals surface area contributed by atoms with E-state index < -0.39 is 21.9 Å². The van der Waals surface area contributed by atoms with E-state index in [1.54, 1.807) is 11.3 Å². The van der Waals surface area contributed by atoms with Crippen molar-refractivity contribution in [2.24, 2.45) is 0 Å². The standard InChI is InChI=1S/C15H12O4S3/c16-15(19-9-5-6-22(17,18)8-9)13-7-12-14(21-13)10-3-1-2-4-11(10)20-12/h1-4,7,9H,5-6,8H2. The first-order valence-corrected chi connectivity index (χ1v) is 10.3. The summed E-state index contributed by atoms with van der Waals surface area (Å²) in [5.74, 6) is -0.365. The molecular weight excluding hydrogens is 340 g/mol. The number of fused-ring (bicyclic) bond motifs is 3. The molecule has 0 radical (unpaired) electrons. The fraction of sp³-hybridized carbons (Fsp3) is 0.267. The number of carbonyl (C=O) groups excluding carboxylic acids is 1. The Kier molecular flexibility index (Phi) is 3.25. The highest BCUT2D eigenvalue weighted by atomic mass is 32.2. The van der Waals surface area contributed by atoms with Crippen LogP contribution in [0.3, 0.4) is 0 Å². The minimum atomic E-state index is -3.04. The van der Waals surface area contributed by atoms with Gasteiger partial charge in [0, 0.05) is 14.8 Å². The fourth-order valence-corrected chi connectivity index (χ4v) is 6.66. The molecule has 1 aliphatic rings. The van der Waals surface area contributed by atoms with Gasteiger partial charge in [-0.3, -0.25) is 0 Å². The Bertz CT molecular complexity index is 981. The molecule has 0 aliphatic carbocycles. The number of esters is 1. The molecule has 7 heteroatoms. The molecule has 1 atom stereocenters. The van der Waals surface area contributed by atoms with Crippen molar-refractivity contribution < 1.29 is 17.9 Å². The van der Waals surface area contributed by atoms with E-state index in [-0.39, 0.29) is 11.5 Å². The number of sulfone groups is 1. The molecule has 2 aromatic heterocycles. The largest absolute Gasteiger partial charge is 0.457 e. The SMILES string of the molecule is O=C(OC1CCS(=O)(=O)C1)c1cc2sc3ccccc3c2s1. The first kappa shape index (κ1) is 14.2. The van der Waals surface area contributed by atoms with E-state index in [1.165, 1.54) is 16.0 Å². The van der Waals surface area contributed by atoms with Gasteiger partial charge in [0.1, 0.15) is 11.0 Å². The molecule has 22 heavy (non-hydrogen) atoms. The van der Waals surface area contributed by atoms with E-state index >= 15 is 0 Å². The average molecular weight is 352 g/mol. The van der Waals surface area contributed by atoms with Crippen molar-refractivity contribution >= 4 is 58.0 Å². The van der Waals surface area contributed by atoms with Crippen LogP contribution in [0.5, 0.6) is 0 Å². The fourth-order valence-electron chi connectivity index (χ4n) is 2.66. The quantitative estimate of drug-likeness (QED) is 0.663. The lowest BCUT2D eigenvalue weighted by Gasteiger charge is -2.08. The summed E-state index contributed by atoms with van der Waals surface area (Å²) in [5.41, 5.74) is 0. The lowest BCUT2D eigenvalue weighted by atomic mass is 10.2. The molecule has 0 amide bonds. The molecule has 114 valence electrons. The van der Waals surface area contributed by atoms with Crippen LogP contribution in [0.15, 0.2) is 30.3 Å². The Labute approximate surface area is 135 Å². The smallest absolute Gasteiger partial charge is 0.348 e. The van der Waals surface area contributed by atoms with Gasteiger partial charge in [-0.2, -0.15) is 0 Å². The minimum absolute atomic E-state index is 0.0542. The maximum atomic E-state index is 12.2. The highest BCUT2D eigenvalue weighted by molar-refractivity contribution is 7.91. The molecule has 1 aliphatic heterocycles. The summed E-state index contributed by atoms with van der Waals surface area (Å²) >= 11 is 3.06. The summed E-state index contributed by atoms with van der Waals surface area (Å²) in [4.78, 5) is 12.8. The number of rotatable bonds is 2. The van der Waals surface area contributed by atoms with Crippen molar-refractivity contribution in [3.63, 3.8) is 0 Å². The Hall–Kier alpha value is -1.44. The summed E-state index contributed by atoms with van der Waals surface area (Å²) in [5, 5.41) is 1.15. The number of benzene rings is 1. The third-order valence-corrected chi connectivity index (χ3v) is 7.85. The van der Waals surface area contributed by atoms with Crippen LogP contribution in [0.2, 0.25) is 0 Å². The summed E-state index contributed by atoms with van der Waals surface area (Å²) in [6, 6.07) is 9.93. The normalized spacial score (nSPS) is 20.6. The monoisotopic (exact) mass is 352 g/mol.